The van der Waals surface area contributed by atoms with Crippen LogP contribution in [-0.4, -0.2) is 20.7 Å². The van der Waals surface area contributed by atoms with Gasteiger partial charge in [0.1, 0.15) is 6.54 Å². The molecule has 3 aromatic rings. The van der Waals surface area contributed by atoms with E-state index in [9.17, 15) is 9.59 Å². The lowest BCUT2D eigenvalue weighted by Gasteiger charge is -2.05. The number of aromatic nitrogens is 3. The van der Waals surface area contributed by atoms with Gasteiger partial charge < -0.3 is 5.32 Å². The van der Waals surface area contributed by atoms with Gasteiger partial charge >= 0.3 is 0 Å². The minimum Gasteiger partial charge on any atom is -0.300 e. The maximum absolute atomic E-state index is 12.2. The summed E-state index contributed by atoms with van der Waals surface area (Å²) in [6.07, 6.45) is 1.58. The Morgan fingerprint density at radius 1 is 1.38 bits per heavy atom. The molecule has 21 heavy (non-hydrogen) atoms. The Kier molecular flexibility index (Phi) is 3.49. The van der Waals surface area contributed by atoms with Gasteiger partial charge in [-0.25, -0.2) is 9.67 Å². The molecular weight excluding hydrogens is 288 g/mol. The lowest BCUT2D eigenvalue weighted by Crippen LogP contribution is -2.29. The summed E-state index contributed by atoms with van der Waals surface area (Å²) in [5.41, 5.74) is 0.565. The first-order chi connectivity index (χ1) is 10.1. The number of fused-ring (bicyclic) bond motifs is 1. The Morgan fingerprint density at radius 2 is 2.19 bits per heavy atom. The van der Waals surface area contributed by atoms with Crippen molar-refractivity contribution in [3.8, 4) is 0 Å². The molecule has 2 heterocycles. The molecule has 0 fully saturated rings. The first kappa shape index (κ1) is 13.4. The van der Waals surface area contributed by atoms with E-state index in [0.29, 0.717) is 10.5 Å². The normalized spacial score (nSPS) is 10.7. The van der Waals surface area contributed by atoms with Gasteiger partial charge in [0.05, 0.1) is 17.3 Å². The number of hydrogen-bond donors (Lipinski definition) is 1. The molecule has 0 aliphatic heterocycles. The first-order valence-electron chi connectivity index (χ1n) is 6.30. The van der Waals surface area contributed by atoms with Crippen molar-refractivity contribution in [2.24, 2.45) is 0 Å². The molecule has 0 radical (unpaired) electrons. The Bertz CT molecular complexity index is 869. The van der Waals surface area contributed by atoms with E-state index in [2.05, 4.69) is 15.4 Å². The fourth-order valence-electron chi connectivity index (χ4n) is 1.95. The van der Waals surface area contributed by atoms with Crippen molar-refractivity contribution in [1.29, 1.82) is 0 Å². The van der Waals surface area contributed by atoms with E-state index < -0.39 is 0 Å². The molecule has 0 bridgehead atoms. The van der Waals surface area contributed by atoms with E-state index in [-0.39, 0.29) is 18.0 Å². The van der Waals surface area contributed by atoms with Gasteiger partial charge in [0, 0.05) is 10.8 Å². The van der Waals surface area contributed by atoms with Crippen LogP contribution in [0.4, 0.5) is 5.13 Å². The maximum Gasteiger partial charge on any atom is 0.275 e. The minimum absolute atomic E-state index is 0.137. The van der Waals surface area contributed by atoms with Crippen LogP contribution in [0.2, 0.25) is 0 Å². The van der Waals surface area contributed by atoms with E-state index in [0.717, 1.165) is 15.8 Å². The second-order valence-corrected chi connectivity index (χ2v) is 5.39. The Morgan fingerprint density at radius 3 is 2.95 bits per heavy atom. The monoisotopic (exact) mass is 300 g/mol. The van der Waals surface area contributed by atoms with Crippen LogP contribution in [0.3, 0.4) is 0 Å². The second-order valence-electron chi connectivity index (χ2n) is 4.54. The van der Waals surface area contributed by atoms with Crippen molar-refractivity contribution in [3.63, 3.8) is 0 Å². The van der Waals surface area contributed by atoms with Crippen LogP contribution in [-0.2, 0) is 11.3 Å². The highest BCUT2D eigenvalue weighted by Gasteiger charge is 2.10. The molecule has 0 atom stereocenters. The number of hydrogen-bond acceptors (Lipinski definition) is 5. The average molecular weight is 300 g/mol. The number of benzene rings is 1. The molecule has 0 saturated carbocycles. The fourth-order valence-corrected chi connectivity index (χ4v) is 2.65. The van der Waals surface area contributed by atoms with Crippen LogP contribution < -0.4 is 10.9 Å². The summed E-state index contributed by atoms with van der Waals surface area (Å²) in [5, 5.41) is 10.3. The van der Waals surface area contributed by atoms with E-state index >= 15 is 0 Å². The number of carbonyl (C=O) groups is 1. The number of amides is 1. The zero-order valence-corrected chi connectivity index (χ0v) is 12.1. The molecule has 106 valence electrons. The third-order valence-corrected chi connectivity index (χ3v) is 3.80. The van der Waals surface area contributed by atoms with Crippen LogP contribution in [0.25, 0.3) is 10.8 Å². The molecular formula is C14H12N4O2S. The SMILES string of the molecule is Cc1csc(NC(=O)Cn2ncc3ccccc3c2=O)n1. The number of aryl methyl sites for hydroxylation is 1. The van der Waals surface area contributed by atoms with Gasteiger partial charge in [0.15, 0.2) is 5.13 Å². The number of nitrogens with one attached hydrogen (secondary N) is 1. The minimum atomic E-state index is -0.325. The molecule has 0 spiro atoms. The highest BCUT2D eigenvalue weighted by molar-refractivity contribution is 7.13. The number of anilines is 1. The number of rotatable bonds is 3. The number of nitrogens with zero attached hydrogens (tertiary/aromatic N) is 3. The smallest absolute Gasteiger partial charge is 0.275 e. The van der Waals surface area contributed by atoms with E-state index in [1.165, 1.54) is 11.3 Å². The summed E-state index contributed by atoms with van der Waals surface area (Å²) < 4.78 is 1.15. The van der Waals surface area contributed by atoms with Crippen molar-refractivity contribution in [2.45, 2.75) is 13.5 Å². The van der Waals surface area contributed by atoms with Crippen LogP contribution in [0, 0.1) is 6.92 Å². The second kappa shape index (κ2) is 5.45. The van der Waals surface area contributed by atoms with E-state index in [1.807, 2.05) is 24.4 Å². The number of carbonyl (C=O) groups excluding carboxylic acids is 1. The fraction of sp³-hybridized carbons (Fsp3) is 0.143. The Labute approximate surface area is 124 Å². The zero-order chi connectivity index (χ0) is 14.8. The van der Waals surface area contributed by atoms with Crippen LogP contribution in [0.1, 0.15) is 5.69 Å². The van der Waals surface area contributed by atoms with Crippen LogP contribution >= 0.6 is 11.3 Å². The van der Waals surface area contributed by atoms with Gasteiger partial charge in [-0.3, -0.25) is 9.59 Å². The van der Waals surface area contributed by atoms with Gasteiger partial charge in [0.2, 0.25) is 5.91 Å². The maximum atomic E-state index is 12.2. The highest BCUT2D eigenvalue weighted by Crippen LogP contribution is 2.14. The van der Waals surface area contributed by atoms with Crippen molar-refractivity contribution in [2.75, 3.05) is 5.32 Å². The molecule has 1 aromatic carbocycles. The molecule has 1 N–H and O–H groups in total. The summed E-state index contributed by atoms with van der Waals surface area (Å²) in [5.74, 6) is -0.325. The van der Waals surface area contributed by atoms with Crippen LogP contribution in [0.5, 0.6) is 0 Å². The average Bonchev–Trinajstić information content (AvgIpc) is 2.87. The van der Waals surface area contributed by atoms with Crippen molar-refractivity contribution in [3.05, 3.63) is 51.9 Å². The molecule has 2 aromatic heterocycles. The standard InChI is InChI=1S/C14H12N4O2S/c1-9-8-21-14(16-9)17-12(19)7-18-13(20)11-5-3-2-4-10(11)6-15-18/h2-6,8H,7H2,1H3,(H,16,17,19). The summed E-state index contributed by atoms with van der Waals surface area (Å²) in [6.45, 7) is 1.71. The van der Waals surface area contributed by atoms with Gasteiger partial charge in [0.25, 0.3) is 5.56 Å². The van der Waals surface area contributed by atoms with Gasteiger partial charge in [-0.2, -0.15) is 5.10 Å². The van der Waals surface area contributed by atoms with Crippen molar-refractivity contribution >= 4 is 33.1 Å². The highest BCUT2D eigenvalue weighted by atomic mass is 32.1. The summed E-state index contributed by atoms with van der Waals surface area (Å²) >= 11 is 1.34. The predicted octanol–water partition coefficient (Wildman–Crippen LogP) is 1.80. The topological polar surface area (TPSA) is 76.9 Å². The van der Waals surface area contributed by atoms with Crippen LogP contribution in [0.15, 0.2) is 40.6 Å². The lowest BCUT2D eigenvalue weighted by molar-refractivity contribution is -0.117. The van der Waals surface area contributed by atoms with Gasteiger partial charge in [-0.05, 0) is 13.0 Å². The molecule has 1 amide bonds. The third-order valence-electron chi connectivity index (χ3n) is 2.92. The summed E-state index contributed by atoms with van der Waals surface area (Å²) in [4.78, 5) is 28.3. The molecule has 3 rings (SSSR count). The van der Waals surface area contributed by atoms with E-state index in [1.54, 1.807) is 18.3 Å². The van der Waals surface area contributed by atoms with Gasteiger partial charge in [-0.15, -0.1) is 11.3 Å². The largest absolute Gasteiger partial charge is 0.300 e. The number of thiazole rings is 1. The van der Waals surface area contributed by atoms with Gasteiger partial charge in [-0.1, -0.05) is 18.2 Å². The first-order valence-corrected chi connectivity index (χ1v) is 7.18. The zero-order valence-electron chi connectivity index (χ0n) is 11.2. The molecule has 0 unspecified atom stereocenters. The Hall–Kier alpha value is -2.54. The van der Waals surface area contributed by atoms with Crippen molar-refractivity contribution < 1.29 is 4.79 Å². The third kappa shape index (κ3) is 2.82. The molecule has 0 saturated heterocycles. The quantitative estimate of drug-likeness (QED) is 0.800. The molecule has 7 heteroatoms. The molecule has 0 aliphatic rings. The molecule has 0 aliphatic carbocycles. The van der Waals surface area contributed by atoms with E-state index in [4.69, 9.17) is 0 Å². The summed E-state index contributed by atoms with van der Waals surface area (Å²) in [7, 11) is 0. The predicted molar refractivity (Wildman–Crippen MR) is 81.5 cm³/mol. The summed E-state index contributed by atoms with van der Waals surface area (Å²) in [6, 6.07) is 7.15. The lowest BCUT2D eigenvalue weighted by atomic mass is 10.2. The Balaban J connectivity index is 1.83. The van der Waals surface area contributed by atoms with Crippen molar-refractivity contribution in [1.82, 2.24) is 14.8 Å². The molecule has 6 nitrogen and oxygen atoms in total.